The van der Waals surface area contributed by atoms with Crippen molar-refractivity contribution in [3.05, 3.63) is 42.1 Å². The number of rotatable bonds is 5. The van der Waals surface area contributed by atoms with E-state index in [0.29, 0.717) is 18.4 Å². The molecular weight excluding hydrogens is 344 g/mol. The van der Waals surface area contributed by atoms with Crippen LogP contribution in [-0.4, -0.2) is 35.8 Å². The van der Waals surface area contributed by atoms with Crippen molar-refractivity contribution in [2.45, 2.75) is 39.8 Å². The fourth-order valence-corrected chi connectivity index (χ4v) is 3.03. The van der Waals surface area contributed by atoms with E-state index in [9.17, 15) is 4.79 Å². The molecule has 2 atom stereocenters. The highest BCUT2D eigenvalue weighted by atomic mass is 16.6. The minimum absolute atomic E-state index is 0.00454. The van der Waals surface area contributed by atoms with Gasteiger partial charge < -0.3 is 14.8 Å². The van der Waals surface area contributed by atoms with E-state index in [2.05, 4.69) is 36.1 Å². The van der Waals surface area contributed by atoms with Crippen LogP contribution < -0.4 is 15.0 Å². The molecule has 3 rings (SSSR count). The molecule has 1 aliphatic rings. The molecule has 2 unspecified atom stereocenters. The molecule has 144 valence electrons. The quantitative estimate of drug-likeness (QED) is 0.856. The van der Waals surface area contributed by atoms with E-state index in [4.69, 9.17) is 9.47 Å². The third kappa shape index (κ3) is 4.13. The molecular formula is C20H26N4O3. The number of aromatic nitrogens is 2. The summed E-state index contributed by atoms with van der Waals surface area (Å²) in [6.07, 6.45) is 1.28. The van der Waals surface area contributed by atoms with Gasteiger partial charge in [0.15, 0.2) is 0 Å². The minimum atomic E-state index is -0.372. The summed E-state index contributed by atoms with van der Waals surface area (Å²) < 4.78 is 10.5. The van der Waals surface area contributed by atoms with Crippen molar-refractivity contribution < 1.29 is 14.3 Å². The lowest BCUT2D eigenvalue weighted by atomic mass is 9.87. The number of nitrogens with one attached hydrogen (secondary N) is 1. The van der Waals surface area contributed by atoms with Crippen LogP contribution in [-0.2, 0) is 4.74 Å². The number of carbonyl (C=O) groups excluding carboxylic acids is 1. The van der Waals surface area contributed by atoms with Crippen LogP contribution >= 0.6 is 0 Å². The Bertz CT molecular complexity index is 802. The third-order valence-corrected chi connectivity index (χ3v) is 4.72. The molecule has 0 aliphatic carbocycles. The highest BCUT2D eigenvalue weighted by molar-refractivity contribution is 5.89. The number of cyclic esters (lactones) is 1. The summed E-state index contributed by atoms with van der Waals surface area (Å²) in [4.78, 5) is 22.7. The van der Waals surface area contributed by atoms with Gasteiger partial charge in [-0.05, 0) is 36.1 Å². The molecule has 1 fully saturated rings. The number of hydrogen-bond acceptors (Lipinski definition) is 6. The number of methoxy groups -OCH3 is 1. The van der Waals surface area contributed by atoms with Gasteiger partial charge in [-0.3, -0.25) is 4.90 Å². The van der Waals surface area contributed by atoms with E-state index in [1.165, 1.54) is 0 Å². The maximum atomic E-state index is 12.3. The van der Waals surface area contributed by atoms with Gasteiger partial charge in [-0.1, -0.05) is 32.9 Å². The van der Waals surface area contributed by atoms with Crippen LogP contribution in [0.2, 0.25) is 0 Å². The molecule has 0 spiro atoms. The number of ether oxygens (including phenoxy) is 2. The van der Waals surface area contributed by atoms with Crippen LogP contribution in [0.15, 0.2) is 36.5 Å². The van der Waals surface area contributed by atoms with Crippen molar-refractivity contribution in [1.82, 2.24) is 9.97 Å². The number of hydrogen-bond donors (Lipinski definition) is 1. The highest BCUT2D eigenvalue weighted by Crippen LogP contribution is 2.33. The van der Waals surface area contributed by atoms with Crippen LogP contribution in [0.5, 0.6) is 5.75 Å². The molecule has 2 heterocycles. The fraction of sp³-hybridized carbons (Fsp3) is 0.450. The average molecular weight is 370 g/mol. The van der Waals surface area contributed by atoms with Crippen molar-refractivity contribution in [1.29, 1.82) is 0 Å². The van der Waals surface area contributed by atoms with Crippen molar-refractivity contribution in [3.63, 3.8) is 0 Å². The SMILES string of the molecule is COc1ccc(C(C)Nc2nccc(N3C(=O)OCC3C(C)(C)C)n2)cc1. The van der Waals surface area contributed by atoms with Gasteiger partial charge in [-0.15, -0.1) is 0 Å². The topological polar surface area (TPSA) is 76.6 Å². The first-order chi connectivity index (χ1) is 12.8. The predicted molar refractivity (Wildman–Crippen MR) is 104 cm³/mol. The standard InChI is InChI=1S/C20H26N4O3/c1-13(14-6-8-15(26-5)9-7-14)22-18-21-11-10-17(23-18)24-16(20(2,3)4)12-27-19(24)25/h6-11,13,16H,12H2,1-5H3,(H,21,22,23). The second kappa shape index (κ2) is 7.42. The summed E-state index contributed by atoms with van der Waals surface area (Å²) in [5.74, 6) is 1.81. The van der Waals surface area contributed by atoms with E-state index >= 15 is 0 Å². The zero-order chi connectivity index (χ0) is 19.6. The van der Waals surface area contributed by atoms with Gasteiger partial charge in [-0.2, -0.15) is 4.98 Å². The Morgan fingerprint density at radius 1 is 1.26 bits per heavy atom. The van der Waals surface area contributed by atoms with Gasteiger partial charge in [-0.25, -0.2) is 9.78 Å². The normalized spacial score (nSPS) is 18.2. The van der Waals surface area contributed by atoms with Crippen LogP contribution in [0.4, 0.5) is 16.6 Å². The Morgan fingerprint density at radius 3 is 2.59 bits per heavy atom. The Hall–Kier alpha value is -2.83. The van der Waals surface area contributed by atoms with Gasteiger partial charge >= 0.3 is 6.09 Å². The molecule has 1 saturated heterocycles. The van der Waals surface area contributed by atoms with Gasteiger partial charge in [0.2, 0.25) is 5.95 Å². The Kier molecular flexibility index (Phi) is 5.21. The lowest BCUT2D eigenvalue weighted by Gasteiger charge is -2.31. The molecule has 7 nitrogen and oxygen atoms in total. The number of nitrogens with zero attached hydrogens (tertiary/aromatic N) is 3. The van der Waals surface area contributed by atoms with Gasteiger partial charge in [0.05, 0.1) is 19.2 Å². The molecule has 0 bridgehead atoms. The summed E-state index contributed by atoms with van der Waals surface area (Å²) in [7, 11) is 1.64. The van der Waals surface area contributed by atoms with E-state index in [1.54, 1.807) is 24.3 Å². The summed E-state index contributed by atoms with van der Waals surface area (Å²) in [5, 5.41) is 3.29. The second-order valence-electron chi connectivity index (χ2n) is 7.71. The molecule has 7 heteroatoms. The van der Waals surface area contributed by atoms with Crippen molar-refractivity contribution in [2.75, 3.05) is 23.9 Å². The Morgan fingerprint density at radius 2 is 1.96 bits per heavy atom. The summed E-state index contributed by atoms with van der Waals surface area (Å²) >= 11 is 0. The molecule has 0 saturated carbocycles. The highest BCUT2D eigenvalue weighted by Gasteiger charge is 2.42. The first kappa shape index (κ1) is 18.9. The zero-order valence-electron chi connectivity index (χ0n) is 16.4. The van der Waals surface area contributed by atoms with Crippen molar-refractivity contribution in [2.24, 2.45) is 5.41 Å². The zero-order valence-corrected chi connectivity index (χ0v) is 16.4. The molecule has 1 aromatic carbocycles. The molecule has 1 N–H and O–H groups in total. The smallest absolute Gasteiger partial charge is 0.415 e. The van der Waals surface area contributed by atoms with Gasteiger partial charge in [0, 0.05) is 6.20 Å². The van der Waals surface area contributed by atoms with E-state index in [0.717, 1.165) is 11.3 Å². The molecule has 1 aliphatic heterocycles. The molecule has 2 aromatic rings. The molecule has 0 radical (unpaired) electrons. The summed E-state index contributed by atoms with van der Waals surface area (Å²) in [5.41, 5.74) is 0.958. The Labute approximate surface area is 159 Å². The van der Waals surface area contributed by atoms with Crippen LogP contribution in [0, 0.1) is 5.41 Å². The Balaban J connectivity index is 1.79. The number of anilines is 2. The number of amides is 1. The van der Waals surface area contributed by atoms with Crippen LogP contribution in [0.1, 0.15) is 39.3 Å². The van der Waals surface area contributed by atoms with Crippen LogP contribution in [0.25, 0.3) is 0 Å². The van der Waals surface area contributed by atoms with Crippen molar-refractivity contribution >= 4 is 17.9 Å². The van der Waals surface area contributed by atoms with E-state index < -0.39 is 0 Å². The molecule has 27 heavy (non-hydrogen) atoms. The summed E-state index contributed by atoms with van der Waals surface area (Å²) in [6.45, 7) is 8.63. The lowest BCUT2D eigenvalue weighted by Crippen LogP contribution is -2.43. The number of carbonyl (C=O) groups is 1. The summed E-state index contributed by atoms with van der Waals surface area (Å²) in [6, 6.07) is 9.47. The lowest BCUT2D eigenvalue weighted by molar-refractivity contribution is 0.172. The van der Waals surface area contributed by atoms with Gasteiger partial charge in [0.1, 0.15) is 18.2 Å². The maximum absolute atomic E-state index is 12.3. The first-order valence-corrected chi connectivity index (χ1v) is 8.99. The first-order valence-electron chi connectivity index (χ1n) is 8.99. The maximum Gasteiger partial charge on any atom is 0.415 e. The minimum Gasteiger partial charge on any atom is -0.497 e. The predicted octanol–water partition coefficient (Wildman–Crippen LogP) is 4.03. The fourth-order valence-electron chi connectivity index (χ4n) is 3.03. The monoisotopic (exact) mass is 370 g/mol. The van der Waals surface area contributed by atoms with E-state index in [-0.39, 0.29) is 23.6 Å². The van der Waals surface area contributed by atoms with Gasteiger partial charge in [0.25, 0.3) is 0 Å². The number of benzene rings is 1. The third-order valence-electron chi connectivity index (χ3n) is 4.72. The second-order valence-corrected chi connectivity index (χ2v) is 7.71. The van der Waals surface area contributed by atoms with Crippen molar-refractivity contribution in [3.8, 4) is 5.75 Å². The molecule has 1 amide bonds. The average Bonchev–Trinajstić information content (AvgIpc) is 3.04. The molecule has 1 aromatic heterocycles. The largest absolute Gasteiger partial charge is 0.497 e. The van der Waals surface area contributed by atoms with Crippen LogP contribution in [0.3, 0.4) is 0 Å². The van der Waals surface area contributed by atoms with E-state index in [1.807, 2.05) is 31.2 Å².